The van der Waals surface area contributed by atoms with E-state index in [2.05, 4.69) is 21.2 Å². The van der Waals surface area contributed by atoms with Gasteiger partial charge in [-0.25, -0.2) is 0 Å². The summed E-state index contributed by atoms with van der Waals surface area (Å²) in [6, 6.07) is 3.69. The van der Waals surface area contributed by atoms with Crippen LogP contribution in [0.1, 0.15) is 12.5 Å². The topological polar surface area (TPSA) is 47.6 Å². The van der Waals surface area contributed by atoms with Gasteiger partial charge in [-0.3, -0.25) is 4.79 Å². The molecule has 2 rings (SSSR count). The molecule has 0 aromatic heterocycles. The van der Waals surface area contributed by atoms with Gasteiger partial charge in [0, 0.05) is 0 Å². The molecular formula is C13H12BrNO3S2. The molecule has 1 aromatic rings. The number of hydrogen-bond acceptors (Lipinski definition) is 5. The van der Waals surface area contributed by atoms with Gasteiger partial charge in [0.05, 0.1) is 23.1 Å². The lowest BCUT2D eigenvalue weighted by atomic mass is 10.2. The molecule has 0 unspecified atom stereocenters. The molecule has 0 bridgehead atoms. The molecule has 1 amide bonds. The Balaban J connectivity index is 2.39. The fourth-order valence-corrected chi connectivity index (χ4v) is 3.30. The largest absolute Gasteiger partial charge is 0.493 e. The van der Waals surface area contributed by atoms with Crippen LogP contribution >= 0.6 is 39.9 Å². The summed E-state index contributed by atoms with van der Waals surface area (Å²) in [5, 5.41) is 2.58. The zero-order chi connectivity index (χ0) is 14.7. The number of nitrogens with one attached hydrogen (secondary N) is 1. The van der Waals surface area contributed by atoms with Crippen molar-refractivity contribution in [2.45, 2.75) is 6.92 Å². The summed E-state index contributed by atoms with van der Waals surface area (Å²) in [5.41, 5.74) is 0.833. The molecule has 1 aliphatic rings. The van der Waals surface area contributed by atoms with Crippen LogP contribution in [0.3, 0.4) is 0 Å². The van der Waals surface area contributed by atoms with E-state index in [1.54, 1.807) is 13.2 Å². The second-order valence-corrected chi connectivity index (χ2v) is 6.39. The Morgan fingerprint density at radius 2 is 2.25 bits per heavy atom. The molecule has 1 N–H and O–H groups in total. The number of rotatable bonds is 4. The van der Waals surface area contributed by atoms with Crippen molar-refractivity contribution in [3.8, 4) is 11.5 Å². The number of thioether (sulfide) groups is 1. The van der Waals surface area contributed by atoms with E-state index in [0.717, 1.165) is 10.0 Å². The number of benzene rings is 1. The van der Waals surface area contributed by atoms with Gasteiger partial charge in [0.1, 0.15) is 4.32 Å². The van der Waals surface area contributed by atoms with Gasteiger partial charge in [-0.1, -0.05) is 24.0 Å². The van der Waals surface area contributed by atoms with E-state index < -0.39 is 0 Å². The maximum Gasteiger partial charge on any atom is 0.263 e. The van der Waals surface area contributed by atoms with Crippen molar-refractivity contribution < 1.29 is 14.3 Å². The highest BCUT2D eigenvalue weighted by Crippen LogP contribution is 2.38. The summed E-state index contributed by atoms with van der Waals surface area (Å²) in [6.07, 6.45) is 1.77. The maximum atomic E-state index is 11.6. The highest BCUT2D eigenvalue weighted by atomic mass is 79.9. The average Bonchev–Trinajstić information content (AvgIpc) is 2.70. The molecule has 1 saturated heterocycles. The van der Waals surface area contributed by atoms with Crippen LogP contribution in [0.15, 0.2) is 21.5 Å². The summed E-state index contributed by atoms with van der Waals surface area (Å²) in [5.74, 6) is 1.08. The minimum atomic E-state index is -0.177. The number of halogens is 1. The fraction of sp³-hybridized carbons (Fsp3) is 0.231. The first-order valence-electron chi connectivity index (χ1n) is 5.80. The molecule has 0 spiro atoms. The Morgan fingerprint density at radius 1 is 1.50 bits per heavy atom. The summed E-state index contributed by atoms with van der Waals surface area (Å²) < 4.78 is 12.1. The molecule has 4 nitrogen and oxygen atoms in total. The third-order valence-electron chi connectivity index (χ3n) is 2.48. The molecule has 1 aliphatic heterocycles. The molecule has 0 atom stereocenters. The maximum absolute atomic E-state index is 11.6. The molecular weight excluding hydrogens is 362 g/mol. The number of hydrogen-bond donors (Lipinski definition) is 1. The van der Waals surface area contributed by atoms with Crippen LogP contribution < -0.4 is 14.8 Å². The zero-order valence-electron chi connectivity index (χ0n) is 10.9. The van der Waals surface area contributed by atoms with Gasteiger partial charge in [-0.05, 0) is 46.6 Å². The van der Waals surface area contributed by atoms with Crippen LogP contribution in [0.5, 0.6) is 11.5 Å². The SMILES string of the molecule is CCOc1c(Br)cc(/C=C2/SC(=S)NC2=O)cc1OC. The van der Waals surface area contributed by atoms with Crippen LogP contribution in [0.25, 0.3) is 6.08 Å². The van der Waals surface area contributed by atoms with Crippen LogP contribution in [-0.2, 0) is 4.79 Å². The zero-order valence-corrected chi connectivity index (χ0v) is 14.1. The number of methoxy groups -OCH3 is 1. The van der Waals surface area contributed by atoms with Crippen LogP contribution in [0, 0.1) is 0 Å². The first kappa shape index (κ1) is 15.3. The van der Waals surface area contributed by atoms with Crippen molar-refractivity contribution >= 4 is 56.2 Å². The van der Waals surface area contributed by atoms with E-state index in [4.69, 9.17) is 21.7 Å². The Kier molecular flexibility index (Phi) is 5.06. The highest BCUT2D eigenvalue weighted by molar-refractivity contribution is 9.10. The minimum absolute atomic E-state index is 0.177. The van der Waals surface area contributed by atoms with Crippen molar-refractivity contribution in [3.05, 3.63) is 27.1 Å². The lowest BCUT2D eigenvalue weighted by molar-refractivity contribution is -0.115. The molecule has 1 fully saturated rings. The summed E-state index contributed by atoms with van der Waals surface area (Å²) in [4.78, 5) is 12.2. The number of carbonyl (C=O) groups excluding carboxylic acids is 1. The van der Waals surface area contributed by atoms with Crippen LogP contribution in [-0.4, -0.2) is 23.9 Å². The predicted molar refractivity (Wildman–Crippen MR) is 88.2 cm³/mol. The molecule has 1 heterocycles. The normalized spacial score (nSPS) is 16.4. The molecule has 0 radical (unpaired) electrons. The lowest BCUT2D eigenvalue weighted by Crippen LogP contribution is -2.17. The van der Waals surface area contributed by atoms with Crippen molar-refractivity contribution in [1.29, 1.82) is 0 Å². The monoisotopic (exact) mass is 373 g/mol. The molecule has 7 heteroatoms. The van der Waals surface area contributed by atoms with Crippen molar-refractivity contribution in [2.24, 2.45) is 0 Å². The van der Waals surface area contributed by atoms with Crippen LogP contribution in [0.4, 0.5) is 0 Å². The number of amides is 1. The summed E-state index contributed by atoms with van der Waals surface area (Å²) in [6.45, 7) is 2.45. The third-order valence-corrected chi connectivity index (χ3v) is 4.23. The number of carbonyl (C=O) groups is 1. The van der Waals surface area contributed by atoms with Gasteiger partial charge in [-0.15, -0.1) is 0 Å². The third kappa shape index (κ3) is 3.34. The second-order valence-electron chi connectivity index (χ2n) is 3.82. The molecule has 20 heavy (non-hydrogen) atoms. The van der Waals surface area contributed by atoms with E-state index >= 15 is 0 Å². The van der Waals surface area contributed by atoms with Crippen molar-refractivity contribution in [1.82, 2.24) is 5.32 Å². The Hall–Kier alpha value is -1.05. The standard InChI is InChI=1S/C13H12BrNO3S2/c1-3-18-11-8(14)4-7(5-9(11)17-2)6-10-12(16)15-13(19)20-10/h4-6H,3H2,1-2H3,(H,15,16,19)/b10-6+. The van der Waals surface area contributed by atoms with E-state index in [9.17, 15) is 4.79 Å². The van der Waals surface area contributed by atoms with E-state index in [1.807, 2.05) is 19.1 Å². The highest BCUT2D eigenvalue weighted by Gasteiger charge is 2.22. The second kappa shape index (κ2) is 6.60. The van der Waals surface area contributed by atoms with Crippen molar-refractivity contribution in [3.63, 3.8) is 0 Å². The quantitative estimate of drug-likeness (QED) is 0.647. The van der Waals surface area contributed by atoms with Gasteiger partial charge in [-0.2, -0.15) is 0 Å². The van der Waals surface area contributed by atoms with Gasteiger partial charge < -0.3 is 14.8 Å². The smallest absolute Gasteiger partial charge is 0.263 e. The fourth-order valence-electron chi connectivity index (χ4n) is 1.68. The van der Waals surface area contributed by atoms with E-state index in [0.29, 0.717) is 27.3 Å². The van der Waals surface area contributed by atoms with E-state index in [-0.39, 0.29) is 5.91 Å². The summed E-state index contributed by atoms with van der Waals surface area (Å²) in [7, 11) is 1.58. The number of thiocarbonyl (C=S) groups is 1. The van der Waals surface area contributed by atoms with E-state index in [1.165, 1.54) is 11.8 Å². The molecule has 1 aromatic carbocycles. The Bertz CT molecular complexity index is 602. The summed E-state index contributed by atoms with van der Waals surface area (Å²) >= 11 is 9.65. The Labute approximate surface area is 135 Å². The van der Waals surface area contributed by atoms with Gasteiger partial charge in [0.15, 0.2) is 11.5 Å². The Morgan fingerprint density at radius 3 is 2.80 bits per heavy atom. The minimum Gasteiger partial charge on any atom is -0.493 e. The lowest BCUT2D eigenvalue weighted by Gasteiger charge is -2.12. The van der Waals surface area contributed by atoms with Gasteiger partial charge in [0.25, 0.3) is 5.91 Å². The average molecular weight is 374 g/mol. The van der Waals surface area contributed by atoms with Crippen LogP contribution in [0.2, 0.25) is 0 Å². The van der Waals surface area contributed by atoms with Gasteiger partial charge >= 0.3 is 0 Å². The van der Waals surface area contributed by atoms with Crippen molar-refractivity contribution in [2.75, 3.05) is 13.7 Å². The van der Waals surface area contributed by atoms with Gasteiger partial charge in [0.2, 0.25) is 0 Å². The molecule has 106 valence electrons. The first-order valence-corrected chi connectivity index (χ1v) is 7.82. The molecule has 0 saturated carbocycles. The number of ether oxygens (including phenoxy) is 2. The first-order chi connectivity index (χ1) is 9.55. The predicted octanol–water partition coefficient (Wildman–Crippen LogP) is 3.35. The molecule has 0 aliphatic carbocycles.